The summed E-state index contributed by atoms with van der Waals surface area (Å²) in [5, 5.41) is 0.687. The van der Waals surface area contributed by atoms with E-state index in [0.29, 0.717) is 5.02 Å². The van der Waals surface area contributed by atoms with Crippen LogP contribution >= 0.6 is 11.6 Å². The second-order valence-electron chi connectivity index (χ2n) is 4.41. The van der Waals surface area contributed by atoms with Crippen LogP contribution in [-0.2, 0) is 6.42 Å². The van der Waals surface area contributed by atoms with Crippen LogP contribution in [0.15, 0.2) is 36.5 Å². The third-order valence-electron chi connectivity index (χ3n) is 3.19. The second kappa shape index (κ2) is 5.13. The monoisotopic (exact) mass is 287 g/mol. The Bertz CT molecular complexity index is 750. The first-order valence-electron chi connectivity index (χ1n) is 6.40. The average molecular weight is 288 g/mol. The number of aromatic nitrogens is 3. The van der Waals surface area contributed by atoms with Crippen molar-refractivity contribution in [2.24, 2.45) is 0 Å². The SMILES string of the molecule is CCc1nc2cc(Cl)ccc2n1-c1ccc(OC)cn1. The molecule has 20 heavy (non-hydrogen) atoms. The van der Waals surface area contributed by atoms with Crippen molar-refractivity contribution >= 4 is 22.6 Å². The Hall–Kier alpha value is -2.07. The molecule has 4 nitrogen and oxygen atoms in total. The van der Waals surface area contributed by atoms with Crippen molar-refractivity contribution in [1.29, 1.82) is 0 Å². The summed E-state index contributed by atoms with van der Waals surface area (Å²) in [6.07, 6.45) is 2.52. The Morgan fingerprint density at radius 1 is 1.25 bits per heavy atom. The van der Waals surface area contributed by atoms with Gasteiger partial charge in [-0.3, -0.25) is 4.57 Å². The van der Waals surface area contributed by atoms with Crippen molar-refractivity contribution < 1.29 is 4.74 Å². The number of halogens is 1. The van der Waals surface area contributed by atoms with E-state index < -0.39 is 0 Å². The number of hydrogen-bond donors (Lipinski definition) is 0. The fourth-order valence-electron chi connectivity index (χ4n) is 2.22. The van der Waals surface area contributed by atoms with Gasteiger partial charge >= 0.3 is 0 Å². The predicted molar refractivity (Wildman–Crippen MR) is 79.8 cm³/mol. The molecular weight excluding hydrogens is 274 g/mol. The molecular formula is C15H14ClN3O. The number of aryl methyl sites for hydroxylation is 1. The van der Waals surface area contributed by atoms with Gasteiger partial charge in [0.25, 0.3) is 0 Å². The number of pyridine rings is 1. The number of fused-ring (bicyclic) bond motifs is 1. The minimum Gasteiger partial charge on any atom is -0.495 e. The molecule has 0 saturated heterocycles. The molecule has 0 atom stereocenters. The van der Waals surface area contributed by atoms with Gasteiger partial charge in [0.1, 0.15) is 17.4 Å². The van der Waals surface area contributed by atoms with Crippen molar-refractivity contribution in [3.05, 3.63) is 47.4 Å². The van der Waals surface area contributed by atoms with E-state index in [1.54, 1.807) is 13.3 Å². The fourth-order valence-corrected chi connectivity index (χ4v) is 2.39. The zero-order valence-corrected chi connectivity index (χ0v) is 12.1. The van der Waals surface area contributed by atoms with Gasteiger partial charge in [-0.05, 0) is 30.3 Å². The number of ether oxygens (including phenoxy) is 1. The number of methoxy groups -OCH3 is 1. The first kappa shape index (κ1) is 12.9. The molecule has 0 aliphatic heterocycles. The quantitative estimate of drug-likeness (QED) is 0.738. The third-order valence-corrected chi connectivity index (χ3v) is 3.42. The molecule has 0 aliphatic carbocycles. The van der Waals surface area contributed by atoms with Crippen molar-refractivity contribution in [3.63, 3.8) is 0 Å². The Labute approximate surface area is 122 Å². The molecule has 2 heterocycles. The van der Waals surface area contributed by atoms with E-state index >= 15 is 0 Å². The summed E-state index contributed by atoms with van der Waals surface area (Å²) in [5.74, 6) is 2.52. The van der Waals surface area contributed by atoms with Gasteiger partial charge in [-0.25, -0.2) is 9.97 Å². The van der Waals surface area contributed by atoms with Crippen LogP contribution in [0.5, 0.6) is 5.75 Å². The van der Waals surface area contributed by atoms with E-state index in [0.717, 1.165) is 34.8 Å². The molecule has 0 bridgehead atoms. The number of rotatable bonds is 3. The van der Waals surface area contributed by atoms with Crippen LogP contribution in [0.2, 0.25) is 5.02 Å². The molecule has 0 amide bonds. The first-order chi connectivity index (χ1) is 9.72. The lowest BCUT2D eigenvalue weighted by molar-refractivity contribution is 0.413. The molecule has 3 rings (SSSR count). The summed E-state index contributed by atoms with van der Waals surface area (Å²) in [7, 11) is 1.63. The maximum absolute atomic E-state index is 6.03. The van der Waals surface area contributed by atoms with Gasteiger partial charge < -0.3 is 4.74 Å². The molecule has 0 fully saturated rings. The smallest absolute Gasteiger partial charge is 0.138 e. The molecule has 0 unspecified atom stereocenters. The molecule has 3 aromatic rings. The molecule has 1 aromatic carbocycles. The van der Waals surface area contributed by atoms with Gasteiger partial charge in [-0.1, -0.05) is 18.5 Å². The Morgan fingerprint density at radius 2 is 2.10 bits per heavy atom. The van der Waals surface area contributed by atoms with Gasteiger partial charge in [0.2, 0.25) is 0 Å². The highest BCUT2D eigenvalue weighted by Crippen LogP contribution is 2.24. The Balaban J connectivity index is 2.22. The van der Waals surface area contributed by atoms with Crippen molar-refractivity contribution in [3.8, 4) is 11.6 Å². The maximum atomic E-state index is 6.03. The van der Waals surface area contributed by atoms with Crippen molar-refractivity contribution in [2.75, 3.05) is 7.11 Å². The van der Waals surface area contributed by atoms with Crippen molar-refractivity contribution in [1.82, 2.24) is 14.5 Å². The van der Waals surface area contributed by atoms with Crippen LogP contribution in [-0.4, -0.2) is 21.6 Å². The van der Waals surface area contributed by atoms with Gasteiger partial charge in [0, 0.05) is 11.4 Å². The third kappa shape index (κ3) is 2.12. The van der Waals surface area contributed by atoms with Crippen LogP contribution in [0.25, 0.3) is 16.9 Å². The van der Waals surface area contributed by atoms with Crippen molar-refractivity contribution in [2.45, 2.75) is 13.3 Å². The molecule has 0 aliphatic rings. The maximum Gasteiger partial charge on any atom is 0.138 e. The zero-order chi connectivity index (χ0) is 14.1. The van der Waals surface area contributed by atoms with Gasteiger partial charge in [0.05, 0.1) is 24.3 Å². The lowest BCUT2D eigenvalue weighted by atomic mass is 10.3. The largest absolute Gasteiger partial charge is 0.495 e. The van der Waals surface area contributed by atoms with Gasteiger partial charge in [0.15, 0.2) is 0 Å². The molecule has 5 heteroatoms. The van der Waals surface area contributed by atoms with Crippen LogP contribution in [0.4, 0.5) is 0 Å². The summed E-state index contributed by atoms with van der Waals surface area (Å²) in [6.45, 7) is 2.07. The minimum absolute atomic E-state index is 0.687. The molecule has 0 spiro atoms. The number of benzene rings is 1. The van der Waals surface area contributed by atoms with Gasteiger partial charge in [-0.15, -0.1) is 0 Å². The molecule has 102 valence electrons. The topological polar surface area (TPSA) is 39.9 Å². The number of nitrogens with zero attached hydrogens (tertiary/aromatic N) is 3. The molecule has 0 radical (unpaired) electrons. The van der Waals surface area contributed by atoms with Crippen LogP contribution < -0.4 is 4.74 Å². The summed E-state index contributed by atoms with van der Waals surface area (Å²) in [4.78, 5) is 9.06. The highest BCUT2D eigenvalue weighted by atomic mass is 35.5. The van der Waals surface area contributed by atoms with E-state index in [1.165, 1.54) is 0 Å². The first-order valence-corrected chi connectivity index (χ1v) is 6.78. The highest BCUT2D eigenvalue weighted by molar-refractivity contribution is 6.31. The Kier molecular flexibility index (Phi) is 3.32. The zero-order valence-electron chi connectivity index (χ0n) is 11.3. The normalized spacial score (nSPS) is 10.9. The number of imidazole rings is 1. The lowest BCUT2D eigenvalue weighted by Crippen LogP contribution is -2.02. The molecule has 2 aromatic heterocycles. The van der Waals surface area contributed by atoms with E-state index in [4.69, 9.17) is 16.3 Å². The van der Waals surface area contributed by atoms with E-state index in [1.807, 2.05) is 34.9 Å². The lowest BCUT2D eigenvalue weighted by Gasteiger charge is -2.07. The summed E-state index contributed by atoms with van der Waals surface area (Å²) < 4.78 is 7.19. The van der Waals surface area contributed by atoms with Crippen LogP contribution in [0.3, 0.4) is 0 Å². The van der Waals surface area contributed by atoms with E-state index in [-0.39, 0.29) is 0 Å². The standard InChI is InChI=1S/C15H14ClN3O/c1-3-14-18-12-8-10(16)4-6-13(12)19(14)15-7-5-11(20-2)9-17-15/h4-9H,3H2,1-2H3. The highest BCUT2D eigenvalue weighted by Gasteiger charge is 2.12. The number of hydrogen-bond acceptors (Lipinski definition) is 3. The summed E-state index contributed by atoms with van der Waals surface area (Å²) in [5.41, 5.74) is 1.89. The van der Waals surface area contributed by atoms with Crippen LogP contribution in [0.1, 0.15) is 12.7 Å². The van der Waals surface area contributed by atoms with E-state index in [9.17, 15) is 0 Å². The van der Waals surface area contributed by atoms with E-state index in [2.05, 4.69) is 16.9 Å². The second-order valence-corrected chi connectivity index (χ2v) is 4.84. The van der Waals surface area contributed by atoms with Gasteiger partial charge in [-0.2, -0.15) is 0 Å². The Morgan fingerprint density at radius 3 is 2.75 bits per heavy atom. The molecule has 0 saturated carbocycles. The summed E-state index contributed by atoms with van der Waals surface area (Å²) >= 11 is 6.03. The average Bonchev–Trinajstić information content (AvgIpc) is 2.84. The fraction of sp³-hybridized carbons (Fsp3) is 0.200. The summed E-state index contributed by atoms with van der Waals surface area (Å²) in [6, 6.07) is 9.52. The predicted octanol–water partition coefficient (Wildman–Crippen LogP) is 3.64. The molecule has 0 N–H and O–H groups in total. The minimum atomic E-state index is 0.687. The van der Waals surface area contributed by atoms with Crippen LogP contribution in [0, 0.1) is 0 Å².